The van der Waals surface area contributed by atoms with E-state index in [1.165, 1.54) is 18.9 Å². The zero-order chi connectivity index (χ0) is 19.2. The van der Waals surface area contributed by atoms with Gasteiger partial charge in [0.1, 0.15) is 12.4 Å². The molecule has 0 aromatic heterocycles. The molecule has 3 aliphatic rings. The standard InChI is InChI=1S/C23H36O3/c1-16-6-9-21(4,20(14-16)26-18(3)25)19-8-10-22(5)17(2)7-11-23(22,15-19)12-13-24/h13,16,19-20H,2,6-12,14-15H2,1,3-5H3/t16-,19?,20-,21+,22+,23+/m0/s1. The van der Waals surface area contributed by atoms with Crippen molar-refractivity contribution in [2.24, 2.45) is 28.1 Å². The minimum atomic E-state index is -0.159. The van der Waals surface area contributed by atoms with Crippen LogP contribution in [0.3, 0.4) is 0 Å². The highest BCUT2D eigenvalue weighted by Crippen LogP contribution is 2.68. The molecule has 0 amide bonds. The van der Waals surface area contributed by atoms with Gasteiger partial charge in [0.05, 0.1) is 0 Å². The lowest BCUT2D eigenvalue weighted by Gasteiger charge is -2.56. The fraction of sp³-hybridized carbons (Fsp3) is 0.826. The van der Waals surface area contributed by atoms with Crippen molar-refractivity contribution in [2.45, 2.75) is 91.6 Å². The van der Waals surface area contributed by atoms with Crippen LogP contribution in [0, 0.1) is 28.1 Å². The van der Waals surface area contributed by atoms with E-state index >= 15 is 0 Å². The van der Waals surface area contributed by atoms with E-state index in [0.29, 0.717) is 18.3 Å². The molecule has 0 aliphatic heterocycles. The first-order valence-electron chi connectivity index (χ1n) is 10.5. The van der Waals surface area contributed by atoms with E-state index in [-0.39, 0.29) is 28.3 Å². The lowest BCUT2D eigenvalue weighted by molar-refractivity contribution is -0.167. The number of carbonyl (C=O) groups excluding carboxylic acids is 2. The maximum atomic E-state index is 11.8. The number of carbonyl (C=O) groups is 2. The number of fused-ring (bicyclic) bond motifs is 1. The predicted molar refractivity (Wildman–Crippen MR) is 104 cm³/mol. The minimum Gasteiger partial charge on any atom is -0.462 e. The van der Waals surface area contributed by atoms with Gasteiger partial charge >= 0.3 is 5.97 Å². The Labute approximate surface area is 158 Å². The smallest absolute Gasteiger partial charge is 0.302 e. The monoisotopic (exact) mass is 360 g/mol. The summed E-state index contributed by atoms with van der Waals surface area (Å²) in [6, 6.07) is 0. The number of hydrogen-bond acceptors (Lipinski definition) is 3. The van der Waals surface area contributed by atoms with Crippen LogP contribution in [0.4, 0.5) is 0 Å². The van der Waals surface area contributed by atoms with Gasteiger partial charge in [-0.1, -0.05) is 32.9 Å². The van der Waals surface area contributed by atoms with Crippen LogP contribution in [-0.4, -0.2) is 18.4 Å². The van der Waals surface area contributed by atoms with E-state index in [4.69, 9.17) is 4.74 Å². The summed E-state index contributed by atoms with van der Waals surface area (Å²) in [5.41, 5.74) is 1.53. The summed E-state index contributed by atoms with van der Waals surface area (Å²) in [6.07, 6.45) is 10.6. The van der Waals surface area contributed by atoms with Crippen molar-refractivity contribution in [1.82, 2.24) is 0 Å². The van der Waals surface area contributed by atoms with Gasteiger partial charge in [-0.05, 0) is 74.0 Å². The van der Waals surface area contributed by atoms with Gasteiger partial charge in [0.25, 0.3) is 0 Å². The molecule has 0 N–H and O–H groups in total. The average Bonchev–Trinajstić information content (AvgIpc) is 2.83. The van der Waals surface area contributed by atoms with Gasteiger partial charge in [0.15, 0.2) is 0 Å². The summed E-state index contributed by atoms with van der Waals surface area (Å²) in [7, 11) is 0. The molecule has 0 radical (unpaired) electrons. The fourth-order valence-electron chi connectivity index (χ4n) is 6.58. The third kappa shape index (κ3) is 2.96. The first-order valence-corrected chi connectivity index (χ1v) is 10.5. The molecule has 0 aromatic carbocycles. The van der Waals surface area contributed by atoms with Gasteiger partial charge in [0.2, 0.25) is 0 Å². The molecule has 1 unspecified atom stereocenters. The Morgan fingerprint density at radius 2 is 2.00 bits per heavy atom. The van der Waals surface area contributed by atoms with Crippen LogP contribution in [0.25, 0.3) is 0 Å². The first kappa shape index (κ1) is 19.6. The fourth-order valence-corrected chi connectivity index (χ4v) is 6.58. The van der Waals surface area contributed by atoms with Crippen molar-refractivity contribution in [2.75, 3.05) is 0 Å². The average molecular weight is 361 g/mol. The third-order valence-corrected chi connectivity index (χ3v) is 8.73. The van der Waals surface area contributed by atoms with Crippen LogP contribution in [0.5, 0.6) is 0 Å². The van der Waals surface area contributed by atoms with Crippen LogP contribution >= 0.6 is 0 Å². The van der Waals surface area contributed by atoms with Crippen molar-refractivity contribution >= 4 is 12.3 Å². The number of hydrogen-bond donors (Lipinski definition) is 0. The molecule has 3 heteroatoms. The molecule has 3 rings (SSSR count). The highest BCUT2D eigenvalue weighted by atomic mass is 16.5. The Kier molecular flexibility index (Phi) is 5.13. The predicted octanol–water partition coefficient (Wildman–Crippen LogP) is 5.48. The second kappa shape index (κ2) is 6.80. The van der Waals surface area contributed by atoms with E-state index in [1.54, 1.807) is 0 Å². The van der Waals surface area contributed by atoms with Crippen molar-refractivity contribution in [1.29, 1.82) is 0 Å². The quantitative estimate of drug-likeness (QED) is 0.379. The topological polar surface area (TPSA) is 43.4 Å². The highest BCUT2D eigenvalue weighted by molar-refractivity contribution is 5.66. The van der Waals surface area contributed by atoms with E-state index in [0.717, 1.165) is 51.2 Å². The van der Waals surface area contributed by atoms with Crippen molar-refractivity contribution in [3.05, 3.63) is 12.2 Å². The molecule has 0 bridgehead atoms. The summed E-state index contributed by atoms with van der Waals surface area (Å²) in [6.45, 7) is 12.9. The van der Waals surface area contributed by atoms with Crippen molar-refractivity contribution in [3.63, 3.8) is 0 Å². The lowest BCUT2D eigenvalue weighted by atomic mass is 9.49. The van der Waals surface area contributed by atoms with Gasteiger partial charge in [-0.15, -0.1) is 0 Å². The SMILES string of the molecule is C=C1CC[C@@]2(CC=O)CC([C@@]3(C)CC[C@H](C)C[C@@H]3OC(C)=O)CC[C@]12C. The Balaban J connectivity index is 1.90. The lowest BCUT2D eigenvalue weighted by Crippen LogP contribution is -2.51. The maximum absolute atomic E-state index is 11.8. The van der Waals surface area contributed by atoms with Gasteiger partial charge in [-0.3, -0.25) is 4.79 Å². The summed E-state index contributed by atoms with van der Waals surface area (Å²) < 4.78 is 5.85. The van der Waals surface area contributed by atoms with Crippen LogP contribution < -0.4 is 0 Å². The van der Waals surface area contributed by atoms with Gasteiger partial charge in [-0.25, -0.2) is 0 Å². The first-order chi connectivity index (χ1) is 12.2. The molecule has 146 valence electrons. The number of rotatable bonds is 4. The number of aldehydes is 1. The molecule has 0 aromatic rings. The van der Waals surface area contributed by atoms with Crippen LogP contribution in [0.1, 0.15) is 85.5 Å². The Morgan fingerprint density at radius 3 is 2.65 bits per heavy atom. The molecule has 6 atom stereocenters. The second-order valence-electron chi connectivity index (χ2n) is 10.0. The van der Waals surface area contributed by atoms with Crippen LogP contribution in [-0.2, 0) is 14.3 Å². The Bertz CT molecular complexity index is 596. The highest BCUT2D eigenvalue weighted by Gasteiger charge is 2.59. The van der Waals surface area contributed by atoms with Crippen LogP contribution in [0.15, 0.2) is 12.2 Å². The molecular weight excluding hydrogens is 324 g/mol. The minimum absolute atomic E-state index is 0.0102. The summed E-state index contributed by atoms with van der Waals surface area (Å²) in [5.74, 6) is 0.961. The molecule has 3 saturated carbocycles. The number of allylic oxidation sites excluding steroid dienone is 1. The largest absolute Gasteiger partial charge is 0.462 e. The number of ether oxygens (including phenoxy) is 1. The second-order valence-corrected chi connectivity index (χ2v) is 10.0. The molecule has 0 spiro atoms. The van der Waals surface area contributed by atoms with Crippen molar-refractivity contribution in [3.8, 4) is 0 Å². The Hall–Kier alpha value is -1.12. The maximum Gasteiger partial charge on any atom is 0.302 e. The zero-order valence-electron chi connectivity index (χ0n) is 17.1. The molecular formula is C23H36O3. The van der Waals surface area contributed by atoms with E-state index in [2.05, 4.69) is 27.4 Å². The van der Waals surface area contributed by atoms with Gasteiger partial charge in [-0.2, -0.15) is 0 Å². The molecule has 0 heterocycles. The Morgan fingerprint density at radius 1 is 1.27 bits per heavy atom. The summed E-state index contributed by atoms with van der Waals surface area (Å²) >= 11 is 0. The van der Waals surface area contributed by atoms with E-state index < -0.39 is 0 Å². The number of esters is 1. The molecule has 3 fully saturated rings. The van der Waals surface area contributed by atoms with Crippen molar-refractivity contribution < 1.29 is 14.3 Å². The molecule has 0 saturated heterocycles. The molecule has 26 heavy (non-hydrogen) atoms. The molecule has 3 aliphatic carbocycles. The summed E-state index contributed by atoms with van der Waals surface area (Å²) in [4.78, 5) is 23.3. The molecule has 3 nitrogen and oxygen atoms in total. The van der Waals surface area contributed by atoms with E-state index in [1.807, 2.05) is 0 Å². The van der Waals surface area contributed by atoms with Crippen LogP contribution in [0.2, 0.25) is 0 Å². The van der Waals surface area contributed by atoms with Gasteiger partial charge < -0.3 is 9.53 Å². The van der Waals surface area contributed by atoms with Gasteiger partial charge in [0, 0.05) is 18.8 Å². The third-order valence-electron chi connectivity index (χ3n) is 8.73. The normalized spacial score (nSPS) is 45.8. The summed E-state index contributed by atoms with van der Waals surface area (Å²) in [5, 5.41) is 0. The zero-order valence-corrected chi connectivity index (χ0v) is 17.1. The van der Waals surface area contributed by atoms with E-state index in [9.17, 15) is 9.59 Å².